The van der Waals surface area contributed by atoms with Gasteiger partial charge in [0.05, 0.1) is 23.7 Å². The van der Waals surface area contributed by atoms with E-state index in [9.17, 15) is 5.11 Å². The second kappa shape index (κ2) is 6.27. The Bertz CT molecular complexity index is 1170. The molecule has 3 aromatic rings. The van der Waals surface area contributed by atoms with Gasteiger partial charge in [-0.1, -0.05) is 0 Å². The number of aryl methyl sites for hydroxylation is 1. The Morgan fingerprint density at radius 1 is 1.23 bits per heavy atom. The van der Waals surface area contributed by atoms with Crippen molar-refractivity contribution in [3.8, 4) is 0 Å². The quantitative estimate of drug-likeness (QED) is 0.655. The van der Waals surface area contributed by atoms with Crippen LogP contribution in [0.15, 0.2) is 24.8 Å². The van der Waals surface area contributed by atoms with Gasteiger partial charge < -0.3 is 25.0 Å². The molecule has 31 heavy (non-hydrogen) atoms. The standard InChI is InChI=1S/C21H26N8O2/c1-13-8-16-23-12-24-28(16)10-14(13)25-18-22-9-15-17(26-18)29(19(30)27(15)2)20-4-6-21(11-20,31-3)7-5-20/h8-10,12,19,30H,4-7,11H2,1-3H3,(H,22,25,26). The lowest BCUT2D eigenvalue weighted by molar-refractivity contribution is -0.000318. The molecule has 3 aromatic heterocycles. The normalized spacial score (nSPS) is 29.2. The van der Waals surface area contributed by atoms with E-state index in [0.717, 1.165) is 60.5 Å². The van der Waals surface area contributed by atoms with Crippen molar-refractivity contribution in [2.75, 3.05) is 29.3 Å². The number of aliphatic hydroxyl groups is 1. The Labute approximate surface area is 179 Å². The first-order valence-corrected chi connectivity index (χ1v) is 10.6. The summed E-state index contributed by atoms with van der Waals surface area (Å²) in [5.74, 6) is 1.25. The number of fused-ring (bicyclic) bond motifs is 4. The molecule has 3 aliphatic rings. The maximum Gasteiger partial charge on any atom is 0.229 e. The lowest BCUT2D eigenvalue weighted by Crippen LogP contribution is -2.54. The van der Waals surface area contributed by atoms with Crippen molar-refractivity contribution in [1.29, 1.82) is 0 Å². The molecular formula is C21H26N8O2. The average molecular weight is 422 g/mol. The fraction of sp³-hybridized carbons (Fsp3) is 0.524. The van der Waals surface area contributed by atoms with Gasteiger partial charge in [0.15, 0.2) is 11.5 Å². The van der Waals surface area contributed by atoms with Gasteiger partial charge in [0.1, 0.15) is 12.0 Å². The van der Waals surface area contributed by atoms with Crippen LogP contribution in [0.5, 0.6) is 0 Å². The van der Waals surface area contributed by atoms with Gasteiger partial charge in [0, 0.05) is 19.7 Å². The molecule has 2 fully saturated rings. The lowest BCUT2D eigenvalue weighted by Gasteiger charge is -2.40. The molecule has 4 heterocycles. The zero-order valence-electron chi connectivity index (χ0n) is 17.9. The van der Waals surface area contributed by atoms with Crippen LogP contribution in [0.1, 0.15) is 37.7 Å². The minimum absolute atomic E-state index is 0.0700. The second-order valence-electron chi connectivity index (χ2n) is 9.08. The van der Waals surface area contributed by atoms with Crippen LogP contribution >= 0.6 is 0 Å². The predicted molar refractivity (Wildman–Crippen MR) is 115 cm³/mol. The van der Waals surface area contributed by atoms with Crippen LogP contribution in [0, 0.1) is 6.92 Å². The van der Waals surface area contributed by atoms with Crippen molar-refractivity contribution in [3.63, 3.8) is 0 Å². The fourth-order valence-corrected chi connectivity index (χ4v) is 5.66. The number of rotatable bonds is 4. The van der Waals surface area contributed by atoms with E-state index in [1.54, 1.807) is 17.8 Å². The van der Waals surface area contributed by atoms with Crippen molar-refractivity contribution in [3.05, 3.63) is 30.4 Å². The van der Waals surface area contributed by atoms with Gasteiger partial charge in [0.25, 0.3) is 0 Å². The van der Waals surface area contributed by atoms with E-state index in [1.165, 1.54) is 6.33 Å². The Kier molecular flexibility index (Phi) is 3.79. The molecule has 2 saturated carbocycles. The zero-order chi connectivity index (χ0) is 21.4. The summed E-state index contributed by atoms with van der Waals surface area (Å²) in [6, 6.07) is 1.97. The molecule has 2 aliphatic carbocycles. The maximum absolute atomic E-state index is 11.1. The van der Waals surface area contributed by atoms with Crippen LogP contribution in [0.3, 0.4) is 0 Å². The van der Waals surface area contributed by atoms with Crippen molar-refractivity contribution < 1.29 is 9.84 Å². The number of aliphatic hydroxyl groups excluding tert-OH is 1. The molecule has 0 spiro atoms. The smallest absolute Gasteiger partial charge is 0.229 e. The minimum Gasteiger partial charge on any atom is -0.378 e. The highest BCUT2D eigenvalue weighted by Crippen LogP contribution is 2.58. The summed E-state index contributed by atoms with van der Waals surface area (Å²) >= 11 is 0. The minimum atomic E-state index is -0.765. The Morgan fingerprint density at radius 3 is 2.77 bits per heavy atom. The SMILES string of the molecule is COC12CCC(N3c4nc(Nc5cn6ncnc6cc5C)ncc4N(C)C3O)(CC1)C2. The highest BCUT2D eigenvalue weighted by molar-refractivity contribution is 5.75. The number of hydrogen-bond donors (Lipinski definition) is 2. The van der Waals surface area contributed by atoms with Crippen molar-refractivity contribution in [2.24, 2.45) is 0 Å². The van der Waals surface area contributed by atoms with E-state index in [0.29, 0.717) is 5.95 Å². The van der Waals surface area contributed by atoms with Crippen molar-refractivity contribution >= 4 is 28.8 Å². The zero-order valence-corrected chi connectivity index (χ0v) is 17.9. The van der Waals surface area contributed by atoms with E-state index < -0.39 is 6.35 Å². The van der Waals surface area contributed by atoms with Crippen molar-refractivity contribution in [2.45, 2.75) is 56.5 Å². The summed E-state index contributed by atoms with van der Waals surface area (Å²) in [5.41, 5.74) is 3.29. The summed E-state index contributed by atoms with van der Waals surface area (Å²) in [6.45, 7) is 2.01. The average Bonchev–Trinajstić information content (AvgIpc) is 3.52. The fourth-order valence-electron chi connectivity index (χ4n) is 5.66. The summed E-state index contributed by atoms with van der Waals surface area (Å²) in [7, 11) is 3.69. The predicted octanol–water partition coefficient (Wildman–Crippen LogP) is 2.21. The molecule has 162 valence electrons. The number of hydrogen-bond acceptors (Lipinski definition) is 9. The first-order chi connectivity index (χ1) is 14.9. The summed E-state index contributed by atoms with van der Waals surface area (Å²) in [6.07, 6.45) is 9.34. The molecule has 1 atom stereocenters. The van der Waals surface area contributed by atoms with Crippen LogP contribution < -0.4 is 15.1 Å². The van der Waals surface area contributed by atoms with Gasteiger partial charge in [0.2, 0.25) is 12.3 Å². The topological polar surface area (TPSA) is 104 Å². The molecule has 10 nitrogen and oxygen atoms in total. The van der Waals surface area contributed by atoms with Gasteiger partial charge in [-0.25, -0.2) is 14.5 Å². The number of ether oxygens (including phenoxy) is 1. The van der Waals surface area contributed by atoms with Gasteiger partial charge in [-0.05, 0) is 50.7 Å². The molecule has 10 heteroatoms. The van der Waals surface area contributed by atoms with E-state index >= 15 is 0 Å². The number of aromatic nitrogens is 5. The van der Waals surface area contributed by atoms with Gasteiger partial charge >= 0.3 is 0 Å². The van der Waals surface area contributed by atoms with Crippen LogP contribution in [0.2, 0.25) is 0 Å². The van der Waals surface area contributed by atoms with Crippen LogP contribution in [-0.4, -0.2) is 61.3 Å². The van der Waals surface area contributed by atoms with Gasteiger partial charge in [-0.15, -0.1) is 0 Å². The molecular weight excluding hydrogens is 396 g/mol. The molecule has 0 aromatic carbocycles. The molecule has 1 aliphatic heterocycles. The summed E-state index contributed by atoms with van der Waals surface area (Å²) in [4.78, 5) is 17.5. The number of nitrogens with zero attached hydrogens (tertiary/aromatic N) is 7. The largest absolute Gasteiger partial charge is 0.378 e. The first-order valence-electron chi connectivity index (χ1n) is 10.6. The van der Waals surface area contributed by atoms with E-state index in [-0.39, 0.29) is 11.1 Å². The van der Waals surface area contributed by atoms with Crippen LogP contribution in [0.4, 0.5) is 23.1 Å². The highest BCUT2D eigenvalue weighted by Gasteiger charge is 2.60. The molecule has 1 unspecified atom stereocenters. The van der Waals surface area contributed by atoms with E-state index in [1.807, 2.05) is 31.1 Å². The third-order valence-electron chi connectivity index (χ3n) is 7.49. The number of nitrogens with one attached hydrogen (secondary N) is 1. The van der Waals surface area contributed by atoms with Gasteiger partial charge in [-0.3, -0.25) is 0 Å². The van der Waals surface area contributed by atoms with Gasteiger partial charge in [-0.2, -0.15) is 10.1 Å². The Balaban J connectivity index is 1.37. The summed E-state index contributed by atoms with van der Waals surface area (Å²) < 4.78 is 7.60. The summed E-state index contributed by atoms with van der Waals surface area (Å²) in [5, 5.41) is 18.7. The molecule has 2 N–H and O–H groups in total. The first kappa shape index (κ1) is 18.8. The van der Waals surface area contributed by atoms with E-state index in [2.05, 4.69) is 25.3 Å². The number of anilines is 4. The number of methoxy groups -OCH3 is 1. The molecule has 0 saturated heterocycles. The second-order valence-corrected chi connectivity index (χ2v) is 9.08. The van der Waals surface area contributed by atoms with Crippen LogP contribution in [0.25, 0.3) is 5.65 Å². The molecule has 6 rings (SSSR count). The van der Waals surface area contributed by atoms with Crippen LogP contribution in [-0.2, 0) is 4.74 Å². The third kappa shape index (κ3) is 2.58. The molecule has 0 radical (unpaired) electrons. The molecule has 0 amide bonds. The Hall–Kier alpha value is -2.98. The third-order valence-corrected chi connectivity index (χ3v) is 7.49. The molecule has 2 bridgehead atoms. The van der Waals surface area contributed by atoms with E-state index in [4.69, 9.17) is 9.72 Å². The lowest BCUT2D eigenvalue weighted by atomic mass is 9.91. The number of pyridine rings is 1. The Morgan fingerprint density at radius 2 is 2.03 bits per heavy atom. The maximum atomic E-state index is 11.1. The monoisotopic (exact) mass is 422 g/mol. The van der Waals surface area contributed by atoms with Crippen molar-refractivity contribution in [1.82, 2.24) is 24.6 Å². The highest BCUT2D eigenvalue weighted by atomic mass is 16.5.